The monoisotopic (exact) mass is 756 g/mol. The van der Waals surface area contributed by atoms with Crippen molar-refractivity contribution in [1.82, 2.24) is 19.1 Å². The van der Waals surface area contributed by atoms with Crippen molar-refractivity contribution in [3.63, 3.8) is 0 Å². The van der Waals surface area contributed by atoms with E-state index in [2.05, 4.69) is 167 Å². The van der Waals surface area contributed by atoms with E-state index < -0.39 is 0 Å². The Bertz CT molecular complexity index is 3940. The van der Waals surface area contributed by atoms with Crippen LogP contribution in [0.3, 0.4) is 0 Å². The maximum absolute atomic E-state index is 6.63. The molecule has 0 radical (unpaired) electrons. The second-order valence-electron chi connectivity index (χ2n) is 15.3. The quantitative estimate of drug-likeness (QED) is 0.176. The van der Waals surface area contributed by atoms with Crippen LogP contribution in [0.2, 0.25) is 0 Å². The lowest BCUT2D eigenvalue weighted by Gasteiger charge is -2.12. The van der Waals surface area contributed by atoms with Gasteiger partial charge in [-0.05, 0) is 65.7 Å². The highest BCUT2D eigenvalue weighted by atomic mass is 32.1. The normalized spacial score (nSPS) is 12.5. The molecule has 0 bridgehead atoms. The molecule has 5 nitrogen and oxygen atoms in total. The van der Waals surface area contributed by atoms with Crippen LogP contribution in [-0.2, 0) is 0 Å². The van der Waals surface area contributed by atoms with Gasteiger partial charge in [0, 0.05) is 63.8 Å². The van der Waals surface area contributed by atoms with Gasteiger partial charge in [-0.3, -0.25) is 4.57 Å². The summed E-state index contributed by atoms with van der Waals surface area (Å²) in [5.74, 6) is 0.611. The molecule has 268 valence electrons. The first-order valence-electron chi connectivity index (χ1n) is 19.6. The molecule has 0 aliphatic carbocycles. The lowest BCUT2D eigenvalue weighted by molar-refractivity contribution is 0.666. The fourth-order valence-electron chi connectivity index (χ4n) is 9.81. The summed E-state index contributed by atoms with van der Waals surface area (Å²) < 4.78 is 13.9. The third kappa shape index (κ3) is 3.94. The van der Waals surface area contributed by atoms with Crippen molar-refractivity contribution in [2.24, 2.45) is 0 Å². The Kier molecular flexibility index (Phi) is 5.85. The molecule has 0 unspecified atom stereocenters. The first-order chi connectivity index (χ1) is 28.8. The smallest absolute Gasteiger partial charge is 0.236 e. The van der Waals surface area contributed by atoms with Gasteiger partial charge in [-0.2, -0.15) is 0 Å². The molecular formula is C52H28N4OS. The number of aromatic nitrogens is 4. The zero-order valence-electron chi connectivity index (χ0n) is 30.8. The first-order valence-corrected chi connectivity index (χ1v) is 20.4. The number of hydrogen-bond acceptors (Lipinski definition) is 4. The van der Waals surface area contributed by atoms with Crippen LogP contribution < -0.4 is 0 Å². The van der Waals surface area contributed by atoms with Crippen LogP contribution >= 0.6 is 11.3 Å². The van der Waals surface area contributed by atoms with Crippen LogP contribution in [0.5, 0.6) is 0 Å². The predicted octanol–water partition coefficient (Wildman–Crippen LogP) is 14.3. The van der Waals surface area contributed by atoms with Crippen molar-refractivity contribution < 1.29 is 4.42 Å². The number of fused-ring (bicyclic) bond motifs is 17. The van der Waals surface area contributed by atoms with Gasteiger partial charge in [-0.1, -0.05) is 115 Å². The first kappa shape index (κ1) is 30.7. The number of thiophene rings is 1. The largest absolute Gasteiger partial charge is 0.452 e. The van der Waals surface area contributed by atoms with Gasteiger partial charge in [0.15, 0.2) is 5.58 Å². The van der Waals surface area contributed by atoms with E-state index in [-0.39, 0.29) is 0 Å². The Hall–Kier alpha value is -7.54. The minimum atomic E-state index is 0.611. The van der Waals surface area contributed by atoms with E-state index in [4.69, 9.17) is 14.4 Å². The predicted molar refractivity (Wildman–Crippen MR) is 241 cm³/mol. The molecular weight excluding hydrogens is 729 g/mol. The summed E-state index contributed by atoms with van der Waals surface area (Å²) in [6.07, 6.45) is 0. The number of furan rings is 1. The molecule has 0 fully saturated rings. The van der Waals surface area contributed by atoms with Gasteiger partial charge >= 0.3 is 0 Å². The number of rotatable bonds is 2. The molecule has 0 saturated heterocycles. The van der Waals surface area contributed by atoms with E-state index in [1.165, 1.54) is 69.9 Å². The molecule has 6 heteroatoms. The summed E-state index contributed by atoms with van der Waals surface area (Å²) >= 11 is 1.82. The Balaban J connectivity index is 1.11. The van der Waals surface area contributed by atoms with Gasteiger partial charge in [0.2, 0.25) is 5.95 Å². The highest BCUT2D eigenvalue weighted by Crippen LogP contribution is 2.48. The van der Waals surface area contributed by atoms with Gasteiger partial charge in [-0.15, -0.1) is 11.3 Å². The average molecular weight is 757 g/mol. The number of hydrogen-bond donors (Lipinski definition) is 0. The van der Waals surface area contributed by atoms with Crippen LogP contribution in [0.15, 0.2) is 174 Å². The second-order valence-corrected chi connectivity index (χ2v) is 16.4. The fourth-order valence-corrected chi connectivity index (χ4v) is 10.9. The highest BCUT2D eigenvalue weighted by Gasteiger charge is 2.27. The zero-order chi connectivity index (χ0) is 37.6. The summed E-state index contributed by atoms with van der Waals surface area (Å²) in [6, 6.07) is 61.3. The highest BCUT2D eigenvalue weighted by molar-refractivity contribution is 7.25. The van der Waals surface area contributed by atoms with Gasteiger partial charge < -0.3 is 8.98 Å². The van der Waals surface area contributed by atoms with Crippen molar-refractivity contribution in [3.05, 3.63) is 170 Å². The zero-order valence-corrected chi connectivity index (χ0v) is 31.6. The molecule has 0 saturated carbocycles. The summed E-state index contributed by atoms with van der Waals surface area (Å²) in [7, 11) is 0. The Morgan fingerprint density at radius 1 is 0.431 bits per heavy atom. The molecule has 0 N–H and O–H groups in total. The summed E-state index contributed by atoms with van der Waals surface area (Å²) in [4.78, 5) is 10.9. The SMILES string of the molecule is c1ccc2c(c1)-c1ccccc1-n1c3cc4c5ccccc5n(-c5nc(-c6ccc7sc8ccccc8c7c6)c6oc7ccccc7c6n5)c4cc3c3cccc-2c31. The van der Waals surface area contributed by atoms with Gasteiger partial charge in [0.25, 0.3) is 0 Å². The third-order valence-electron chi connectivity index (χ3n) is 12.3. The van der Waals surface area contributed by atoms with Crippen molar-refractivity contribution in [2.45, 2.75) is 0 Å². The Morgan fingerprint density at radius 2 is 1.09 bits per heavy atom. The van der Waals surface area contributed by atoms with Gasteiger partial charge in [-0.25, -0.2) is 9.97 Å². The minimum absolute atomic E-state index is 0.611. The van der Waals surface area contributed by atoms with Crippen molar-refractivity contribution in [3.8, 4) is 45.1 Å². The molecule has 13 aromatic rings. The number of benzene rings is 8. The number of para-hydroxylation sites is 4. The topological polar surface area (TPSA) is 48.8 Å². The average Bonchev–Trinajstić information content (AvgIpc) is 4.01. The van der Waals surface area contributed by atoms with Gasteiger partial charge in [0.1, 0.15) is 16.8 Å². The van der Waals surface area contributed by atoms with E-state index >= 15 is 0 Å². The molecule has 14 rings (SSSR count). The van der Waals surface area contributed by atoms with Gasteiger partial charge in [0.05, 0.1) is 27.8 Å². The summed E-state index contributed by atoms with van der Waals surface area (Å²) in [5, 5.41) is 8.14. The molecule has 0 spiro atoms. The summed E-state index contributed by atoms with van der Waals surface area (Å²) in [5.41, 5.74) is 14.7. The lowest BCUT2D eigenvalue weighted by Crippen LogP contribution is -2.03. The molecule has 8 aromatic carbocycles. The molecule has 0 amide bonds. The Morgan fingerprint density at radius 3 is 1.98 bits per heavy atom. The Labute approximate surface area is 334 Å². The molecule has 5 aromatic heterocycles. The van der Waals surface area contributed by atoms with E-state index in [0.717, 1.165) is 49.5 Å². The molecule has 0 atom stereocenters. The maximum atomic E-state index is 6.63. The second kappa shape index (κ2) is 11.1. The van der Waals surface area contributed by atoms with E-state index in [1.54, 1.807) is 0 Å². The number of nitrogens with zero attached hydrogens (tertiary/aromatic N) is 4. The molecule has 1 aliphatic heterocycles. The van der Waals surface area contributed by atoms with Crippen LogP contribution in [-0.4, -0.2) is 19.1 Å². The van der Waals surface area contributed by atoms with Crippen molar-refractivity contribution >= 4 is 97.2 Å². The lowest BCUT2D eigenvalue weighted by atomic mass is 9.94. The van der Waals surface area contributed by atoms with Crippen LogP contribution in [0.4, 0.5) is 0 Å². The van der Waals surface area contributed by atoms with E-state index in [0.29, 0.717) is 11.5 Å². The van der Waals surface area contributed by atoms with Crippen LogP contribution in [0.25, 0.3) is 131 Å². The van der Waals surface area contributed by atoms with E-state index in [1.807, 2.05) is 23.5 Å². The van der Waals surface area contributed by atoms with Crippen LogP contribution in [0.1, 0.15) is 0 Å². The van der Waals surface area contributed by atoms with Crippen molar-refractivity contribution in [2.75, 3.05) is 0 Å². The maximum Gasteiger partial charge on any atom is 0.236 e. The molecule has 6 heterocycles. The van der Waals surface area contributed by atoms with Crippen LogP contribution in [0, 0.1) is 0 Å². The molecule has 58 heavy (non-hydrogen) atoms. The molecule has 1 aliphatic rings. The fraction of sp³-hybridized carbons (Fsp3) is 0. The van der Waals surface area contributed by atoms with Crippen molar-refractivity contribution in [1.29, 1.82) is 0 Å². The summed E-state index contributed by atoms with van der Waals surface area (Å²) in [6.45, 7) is 0. The standard InChI is InChI=1S/C52H28N4OS/c1-2-13-31-30(12-1)32-14-3-7-20-41(32)55-43-27-38-33-15-4-8-21-42(33)56(44(38)28-39(43)36-19-11-18-35(31)50(36)55)52-53-48(51-49(54-52)37-17-5-9-22-45(37)57-51)29-24-25-47-40(26-29)34-16-6-10-23-46(34)58-47/h1-28H. The minimum Gasteiger partial charge on any atom is -0.452 e. The van der Waals surface area contributed by atoms with E-state index in [9.17, 15) is 0 Å². The third-order valence-corrected chi connectivity index (χ3v) is 13.4.